The summed E-state index contributed by atoms with van der Waals surface area (Å²) in [5.41, 5.74) is 2.29. The van der Waals surface area contributed by atoms with E-state index in [1.54, 1.807) is 18.5 Å². The Morgan fingerprint density at radius 3 is 2.67 bits per heavy atom. The maximum atomic E-state index is 10.8. The second kappa shape index (κ2) is 5.66. The molecule has 1 aromatic heterocycles. The Balaban J connectivity index is 1.62. The molecule has 0 aliphatic rings. The first-order chi connectivity index (χ1) is 10.2. The number of fused-ring (bicyclic) bond motifs is 1. The summed E-state index contributed by atoms with van der Waals surface area (Å²) in [5, 5.41) is 8.83. The van der Waals surface area contributed by atoms with E-state index in [4.69, 9.17) is 9.84 Å². The van der Waals surface area contributed by atoms with E-state index >= 15 is 0 Å². The number of imidazole rings is 1. The number of aromatic nitrogens is 2. The Kier molecular flexibility index (Phi) is 3.55. The van der Waals surface area contributed by atoms with Crippen LogP contribution in [0.5, 0.6) is 5.75 Å². The van der Waals surface area contributed by atoms with Crippen molar-refractivity contribution >= 4 is 17.0 Å². The molecule has 0 unspecified atom stereocenters. The first kappa shape index (κ1) is 13.2. The topological polar surface area (TPSA) is 64.3 Å². The zero-order chi connectivity index (χ0) is 14.7. The summed E-state index contributed by atoms with van der Waals surface area (Å²) in [6.07, 6.45) is 1.79. The lowest BCUT2D eigenvalue weighted by molar-refractivity contribution is 0.0697. The number of carboxylic acids is 1. The van der Waals surface area contributed by atoms with Crippen molar-refractivity contribution in [3.05, 3.63) is 60.4 Å². The number of carboxylic acid groups (broad SMARTS) is 1. The summed E-state index contributed by atoms with van der Waals surface area (Å²) < 4.78 is 7.65. The molecule has 3 aromatic rings. The molecule has 0 aliphatic carbocycles. The number of hydrogen-bond donors (Lipinski definition) is 1. The highest BCUT2D eigenvalue weighted by Crippen LogP contribution is 2.14. The average Bonchev–Trinajstić information content (AvgIpc) is 2.91. The average molecular weight is 282 g/mol. The van der Waals surface area contributed by atoms with E-state index in [0.29, 0.717) is 18.9 Å². The zero-order valence-corrected chi connectivity index (χ0v) is 11.3. The fourth-order valence-electron chi connectivity index (χ4n) is 2.14. The third-order valence-electron chi connectivity index (χ3n) is 3.23. The second-order valence-corrected chi connectivity index (χ2v) is 4.60. The van der Waals surface area contributed by atoms with Crippen LogP contribution in [0, 0.1) is 0 Å². The number of benzene rings is 2. The summed E-state index contributed by atoms with van der Waals surface area (Å²) in [6.45, 7) is 1.17. The molecule has 106 valence electrons. The Labute approximate surface area is 121 Å². The molecule has 5 nitrogen and oxygen atoms in total. The van der Waals surface area contributed by atoms with Crippen molar-refractivity contribution in [3.8, 4) is 5.75 Å². The van der Waals surface area contributed by atoms with Gasteiger partial charge in [-0.25, -0.2) is 9.78 Å². The summed E-state index contributed by atoms with van der Waals surface area (Å²) in [5.74, 6) is -0.282. The largest absolute Gasteiger partial charge is 0.492 e. The van der Waals surface area contributed by atoms with E-state index in [1.165, 1.54) is 12.1 Å². The van der Waals surface area contributed by atoms with Crippen molar-refractivity contribution in [1.82, 2.24) is 9.55 Å². The highest BCUT2D eigenvalue weighted by molar-refractivity contribution is 5.87. The highest BCUT2D eigenvalue weighted by atomic mass is 16.5. The maximum Gasteiger partial charge on any atom is 0.335 e. The van der Waals surface area contributed by atoms with Crippen molar-refractivity contribution in [2.24, 2.45) is 0 Å². The van der Waals surface area contributed by atoms with E-state index in [1.807, 2.05) is 28.8 Å². The monoisotopic (exact) mass is 282 g/mol. The summed E-state index contributed by atoms with van der Waals surface area (Å²) in [7, 11) is 0. The molecular formula is C16H14N2O3. The molecule has 0 fully saturated rings. The van der Waals surface area contributed by atoms with E-state index in [-0.39, 0.29) is 5.56 Å². The predicted octanol–water partition coefficient (Wildman–Crippen LogP) is 2.81. The smallest absolute Gasteiger partial charge is 0.335 e. The van der Waals surface area contributed by atoms with Gasteiger partial charge >= 0.3 is 5.97 Å². The third-order valence-corrected chi connectivity index (χ3v) is 3.23. The van der Waals surface area contributed by atoms with E-state index in [9.17, 15) is 4.79 Å². The first-order valence-electron chi connectivity index (χ1n) is 6.60. The zero-order valence-electron chi connectivity index (χ0n) is 11.3. The van der Waals surface area contributed by atoms with E-state index in [0.717, 1.165) is 11.0 Å². The van der Waals surface area contributed by atoms with E-state index < -0.39 is 5.97 Å². The molecule has 0 radical (unpaired) electrons. The molecule has 5 heteroatoms. The van der Waals surface area contributed by atoms with E-state index in [2.05, 4.69) is 4.98 Å². The molecule has 21 heavy (non-hydrogen) atoms. The van der Waals surface area contributed by atoms with Gasteiger partial charge in [-0.3, -0.25) is 0 Å². The minimum absolute atomic E-state index is 0.253. The summed E-state index contributed by atoms with van der Waals surface area (Å²) in [6, 6.07) is 14.3. The fraction of sp³-hybridized carbons (Fsp3) is 0.125. The van der Waals surface area contributed by atoms with Gasteiger partial charge in [-0.15, -0.1) is 0 Å². The Hall–Kier alpha value is -2.82. The van der Waals surface area contributed by atoms with Gasteiger partial charge in [0.1, 0.15) is 12.4 Å². The SMILES string of the molecule is O=C(O)c1ccc(OCCn2cnc3ccccc32)cc1. The van der Waals surface area contributed by atoms with Crippen molar-refractivity contribution < 1.29 is 14.6 Å². The van der Waals surface area contributed by atoms with Gasteiger partial charge in [0.25, 0.3) is 0 Å². The first-order valence-corrected chi connectivity index (χ1v) is 6.60. The molecule has 0 saturated carbocycles. The quantitative estimate of drug-likeness (QED) is 0.781. The number of ether oxygens (including phenoxy) is 1. The van der Waals surface area contributed by atoms with Crippen LogP contribution >= 0.6 is 0 Å². The molecule has 3 rings (SSSR count). The summed E-state index contributed by atoms with van der Waals surface area (Å²) >= 11 is 0. The van der Waals surface area contributed by atoms with Crippen LogP contribution in [0.3, 0.4) is 0 Å². The lowest BCUT2D eigenvalue weighted by Gasteiger charge is -2.07. The minimum Gasteiger partial charge on any atom is -0.492 e. The molecular weight excluding hydrogens is 268 g/mol. The van der Waals surface area contributed by atoms with Gasteiger partial charge in [-0.1, -0.05) is 12.1 Å². The molecule has 0 aliphatic heterocycles. The second-order valence-electron chi connectivity index (χ2n) is 4.60. The fourth-order valence-corrected chi connectivity index (χ4v) is 2.14. The van der Waals surface area contributed by atoms with Crippen molar-refractivity contribution in [2.75, 3.05) is 6.61 Å². The third kappa shape index (κ3) is 2.86. The molecule has 0 atom stereocenters. The van der Waals surface area contributed by atoms with Gasteiger partial charge in [-0.05, 0) is 36.4 Å². The van der Waals surface area contributed by atoms with Crippen molar-refractivity contribution in [1.29, 1.82) is 0 Å². The van der Waals surface area contributed by atoms with Crippen LogP contribution in [-0.2, 0) is 6.54 Å². The lowest BCUT2D eigenvalue weighted by Crippen LogP contribution is -2.07. The van der Waals surface area contributed by atoms with Crippen LogP contribution < -0.4 is 4.74 Å². The standard InChI is InChI=1S/C16H14N2O3/c19-16(20)12-5-7-13(8-6-12)21-10-9-18-11-17-14-3-1-2-4-15(14)18/h1-8,11H,9-10H2,(H,19,20). The molecule has 1 heterocycles. The number of hydrogen-bond acceptors (Lipinski definition) is 3. The van der Waals surface area contributed by atoms with Crippen LogP contribution in [0.25, 0.3) is 11.0 Å². The molecule has 0 spiro atoms. The van der Waals surface area contributed by atoms with Crippen LogP contribution in [0.15, 0.2) is 54.9 Å². The number of rotatable bonds is 5. The Morgan fingerprint density at radius 2 is 1.90 bits per heavy atom. The highest BCUT2D eigenvalue weighted by Gasteiger charge is 2.03. The maximum absolute atomic E-state index is 10.8. The molecule has 0 amide bonds. The summed E-state index contributed by atoms with van der Waals surface area (Å²) in [4.78, 5) is 15.1. The molecule has 0 bridgehead atoms. The number of para-hydroxylation sites is 2. The van der Waals surface area contributed by atoms with Crippen molar-refractivity contribution in [2.45, 2.75) is 6.54 Å². The molecule has 0 saturated heterocycles. The predicted molar refractivity (Wildman–Crippen MR) is 78.6 cm³/mol. The number of aromatic carboxylic acids is 1. The van der Waals surface area contributed by atoms with Crippen LogP contribution in [0.4, 0.5) is 0 Å². The Bertz CT molecular complexity index is 763. The van der Waals surface area contributed by atoms with Crippen LogP contribution in [0.2, 0.25) is 0 Å². The van der Waals surface area contributed by atoms with Gasteiger partial charge in [-0.2, -0.15) is 0 Å². The van der Waals surface area contributed by atoms with Gasteiger partial charge in [0, 0.05) is 0 Å². The van der Waals surface area contributed by atoms with Gasteiger partial charge < -0.3 is 14.4 Å². The molecule has 2 aromatic carbocycles. The van der Waals surface area contributed by atoms with Gasteiger partial charge in [0.2, 0.25) is 0 Å². The van der Waals surface area contributed by atoms with Gasteiger partial charge in [0.05, 0.1) is 29.5 Å². The minimum atomic E-state index is -0.938. The normalized spacial score (nSPS) is 10.7. The van der Waals surface area contributed by atoms with Gasteiger partial charge in [0.15, 0.2) is 0 Å². The van der Waals surface area contributed by atoms with Crippen LogP contribution in [0.1, 0.15) is 10.4 Å². The Morgan fingerprint density at radius 1 is 1.14 bits per heavy atom. The number of carbonyl (C=O) groups is 1. The molecule has 1 N–H and O–H groups in total. The lowest BCUT2D eigenvalue weighted by atomic mass is 10.2. The van der Waals surface area contributed by atoms with Crippen molar-refractivity contribution in [3.63, 3.8) is 0 Å². The number of nitrogens with zero attached hydrogens (tertiary/aromatic N) is 2. The van der Waals surface area contributed by atoms with Crippen LogP contribution in [-0.4, -0.2) is 27.2 Å².